The first-order chi connectivity index (χ1) is 4.35. The Morgan fingerprint density at radius 1 is 1.78 bits per heavy atom. The fourth-order valence-electron chi connectivity index (χ4n) is 0.558. The van der Waals surface area contributed by atoms with Gasteiger partial charge >= 0.3 is 0 Å². The van der Waals surface area contributed by atoms with Crippen LogP contribution in [0.4, 0.5) is 0 Å². The van der Waals surface area contributed by atoms with Crippen molar-refractivity contribution < 1.29 is 10.0 Å². The van der Waals surface area contributed by atoms with Gasteiger partial charge in [0.1, 0.15) is 0 Å². The van der Waals surface area contributed by atoms with Crippen molar-refractivity contribution in [3.63, 3.8) is 0 Å². The molecule has 0 bridgehead atoms. The topological polar surface area (TPSA) is 49.3 Å². The van der Waals surface area contributed by atoms with E-state index in [1.165, 1.54) is 0 Å². The zero-order valence-electron chi connectivity index (χ0n) is 5.55. The van der Waals surface area contributed by atoms with Crippen LogP contribution >= 0.6 is 0 Å². The maximum Gasteiger partial charge on any atom is 0.219 e. The maximum atomic E-state index is 9.89. The Morgan fingerprint density at radius 2 is 2.44 bits per heavy atom. The predicted octanol–water partition coefficient (Wildman–Crippen LogP) is 0.634. The molecule has 3 heteroatoms. The number of unbranched alkanes of at least 4 members (excludes halogenated alkanes) is 1. The van der Waals surface area contributed by atoms with Gasteiger partial charge in [-0.25, -0.2) is 0 Å². The molecule has 1 unspecified atom stereocenters. The Bertz CT molecular complexity index is 75.5. The van der Waals surface area contributed by atoms with Gasteiger partial charge in [0.05, 0.1) is 6.04 Å². The Morgan fingerprint density at radius 3 is 2.78 bits per heavy atom. The summed E-state index contributed by atoms with van der Waals surface area (Å²) in [6, 6.07) is -0.495. The van der Waals surface area contributed by atoms with Crippen molar-refractivity contribution >= 4 is 6.29 Å². The van der Waals surface area contributed by atoms with Crippen LogP contribution in [0.3, 0.4) is 0 Å². The molecule has 3 nitrogen and oxygen atoms in total. The molecule has 9 heavy (non-hydrogen) atoms. The Kier molecular flexibility index (Phi) is 5.46. The van der Waals surface area contributed by atoms with E-state index in [1.807, 2.05) is 12.4 Å². The first-order valence-corrected chi connectivity index (χ1v) is 3.12. The van der Waals surface area contributed by atoms with E-state index >= 15 is 0 Å². The lowest BCUT2D eigenvalue weighted by molar-refractivity contribution is 0.144. The number of hydrogen-bond acceptors (Lipinski definition) is 3. The smallest absolute Gasteiger partial charge is 0.219 e. The number of hydrogen-bond donors (Lipinski definition) is 2. The first kappa shape index (κ1) is 8.59. The van der Waals surface area contributed by atoms with Gasteiger partial charge in [-0.05, 0) is 6.42 Å². The molecule has 0 saturated carbocycles. The summed E-state index contributed by atoms with van der Waals surface area (Å²) in [7, 11) is 0. The van der Waals surface area contributed by atoms with Crippen molar-refractivity contribution in [1.82, 2.24) is 5.48 Å². The first-order valence-electron chi connectivity index (χ1n) is 3.12. The van der Waals surface area contributed by atoms with E-state index in [2.05, 4.69) is 0 Å². The van der Waals surface area contributed by atoms with Crippen molar-refractivity contribution in [2.75, 3.05) is 0 Å². The Labute approximate surface area is 55.0 Å². The zero-order chi connectivity index (χ0) is 7.11. The summed E-state index contributed by atoms with van der Waals surface area (Å²) >= 11 is 0. The van der Waals surface area contributed by atoms with Crippen molar-refractivity contribution in [1.29, 1.82) is 0 Å². The highest BCUT2D eigenvalue weighted by atomic mass is 16.5. The molecule has 0 amide bonds. The third kappa shape index (κ3) is 4.12. The van der Waals surface area contributed by atoms with Crippen LogP contribution in [-0.2, 0) is 4.79 Å². The summed E-state index contributed by atoms with van der Waals surface area (Å²) in [4.78, 5) is 9.89. The van der Waals surface area contributed by atoms with Crippen molar-refractivity contribution in [2.24, 2.45) is 0 Å². The van der Waals surface area contributed by atoms with Gasteiger partial charge in [-0.15, -0.1) is 0 Å². The monoisotopic (exact) mass is 130 g/mol. The van der Waals surface area contributed by atoms with Crippen LogP contribution in [0.15, 0.2) is 0 Å². The average Bonchev–Trinajstić information content (AvgIpc) is 1.91. The quantitative estimate of drug-likeness (QED) is 0.537. The summed E-state index contributed by atoms with van der Waals surface area (Å²) in [6.07, 6.45) is 4.30. The van der Waals surface area contributed by atoms with E-state index in [9.17, 15) is 4.79 Å². The normalized spacial score (nSPS) is 13.1. The summed E-state index contributed by atoms with van der Waals surface area (Å²) in [5.41, 5.74) is 1.86. The van der Waals surface area contributed by atoms with Crippen LogP contribution in [0.1, 0.15) is 26.2 Å². The molecule has 0 rings (SSSR count). The fourth-order valence-corrected chi connectivity index (χ4v) is 0.558. The summed E-state index contributed by atoms with van der Waals surface area (Å²) < 4.78 is 0. The molecule has 0 saturated heterocycles. The van der Waals surface area contributed by atoms with Gasteiger partial charge in [0.15, 0.2) is 0 Å². The maximum absolute atomic E-state index is 9.89. The van der Waals surface area contributed by atoms with Gasteiger partial charge in [0.25, 0.3) is 0 Å². The molecule has 2 N–H and O–H groups in total. The lowest BCUT2D eigenvalue weighted by atomic mass is 10.1. The largest absolute Gasteiger partial charge is 0.316 e. The third-order valence-corrected chi connectivity index (χ3v) is 1.14. The lowest BCUT2D eigenvalue weighted by Gasteiger charge is -2.03. The molecule has 0 aromatic rings. The zero-order valence-corrected chi connectivity index (χ0v) is 5.55. The molecule has 0 aliphatic rings. The Hall–Kier alpha value is -0.410. The minimum absolute atomic E-state index is 0.495. The van der Waals surface area contributed by atoms with Crippen LogP contribution in [0, 0.1) is 0 Å². The minimum Gasteiger partial charge on any atom is -0.316 e. The molecule has 0 fully saturated rings. The van der Waals surface area contributed by atoms with Crippen molar-refractivity contribution in [2.45, 2.75) is 32.2 Å². The van der Waals surface area contributed by atoms with Gasteiger partial charge in [-0.3, -0.25) is 4.79 Å². The van der Waals surface area contributed by atoms with E-state index in [0.29, 0.717) is 6.42 Å². The number of carbonyl (C=O) groups excluding carboxylic acids is 1. The lowest BCUT2D eigenvalue weighted by Crippen LogP contribution is -2.26. The summed E-state index contributed by atoms with van der Waals surface area (Å²) in [5, 5.41) is 8.24. The molecule has 0 aliphatic heterocycles. The number of nitrogens with one attached hydrogen (secondary N) is 1. The highest BCUT2D eigenvalue weighted by molar-refractivity contribution is 5.57. The summed E-state index contributed by atoms with van der Waals surface area (Å²) in [5.74, 6) is 0. The highest BCUT2D eigenvalue weighted by Gasteiger charge is 2.03. The molecule has 0 heterocycles. The second-order valence-corrected chi connectivity index (χ2v) is 1.94. The van der Waals surface area contributed by atoms with Gasteiger partial charge < -0.3 is 5.21 Å². The second-order valence-electron chi connectivity index (χ2n) is 1.94. The number of rotatable bonds is 5. The molecular weight excluding hydrogens is 118 g/mol. The molecule has 0 aliphatic carbocycles. The molecule has 0 spiro atoms. The number of hydroxylamine groups is 1. The predicted molar refractivity (Wildman–Crippen MR) is 33.9 cm³/mol. The van der Waals surface area contributed by atoms with Crippen LogP contribution in [0.25, 0.3) is 0 Å². The molecule has 0 aromatic heterocycles. The molecule has 1 atom stereocenters. The minimum atomic E-state index is -0.495. The molecule has 0 aromatic carbocycles. The SMILES string of the molecule is CCCCC([C]=O)NO. The molecular formula is C6H12NO2. The third-order valence-electron chi connectivity index (χ3n) is 1.14. The van der Waals surface area contributed by atoms with Gasteiger partial charge in [-0.2, -0.15) is 5.48 Å². The molecule has 1 radical (unpaired) electrons. The van der Waals surface area contributed by atoms with Crippen LogP contribution in [0.5, 0.6) is 0 Å². The standard InChI is InChI=1S/C6H12NO2/c1-2-3-4-6(5-8)7-9/h6-7,9H,2-4H2,1H3. The molecule has 53 valence electrons. The fraction of sp³-hybridized carbons (Fsp3) is 0.833. The average molecular weight is 130 g/mol. The van der Waals surface area contributed by atoms with Crippen LogP contribution in [-0.4, -0.2) is 17.5 Å². The van der Waals surface area contributed by atoms with Crippen molar-refractivity contribution in [3.8, 4) is 0 Å². The van der Waals surface area contributed by atoms with Gasteiger partial charge in [-0.1, -0.05) is 19.8 Å². The van der Waals surface area contributed by atoms with Gasteiger partial charge in [0.2, 0.25) is 6.29 Å². The van der Waals surface area contributed by atoms with E-state index in [4.69, 9.17) is 5.21 Å². The highest BCUT2D eigenvalue weighted by Crippen LogP contribution is 1.96. The van der Waals surface area contributed by atoms with Crippen molar-refractivity contribution in [3.05, 3.63) is 0 Å². The van der Waals surface area contributed by atoms with E-state index in [1.54, 1.807) is 6.29 Å². The summed E-state index contributed by atoms with van der Waals surface area (Å²) in [6.45, 7) is 2.03. The van der Waals surface area contributed by atoms with Crippen LogP contribution in [0.2, 0.25) is 0 Å². The Balaban J connectivity index is 3.20. The van der Waals surface area contributed by atoms with E-state index in [-0.39, 0.29) is 0 Å². The van der Waals surface area contributed by atoms with Gasteiger partial charge in [0, 0.05) is 0 Å². The second kappa shape index (κ2) is 5.72. The van der Waals surface area contributed by atoms with E-state index in [0.717, 1.165) is 12.8 Å². The van der Waals surface area contributed by atoms with Crippen LogP contribution < -0.4 is 5.48 Å². The van der Waals surface area contributed by atoms with E-state index < -0.39 is 6.04 Å².